The van der Waals surface area contributed by atoms with E-state index in [0.717, 1.165) is 51.4 Å². The number of aliphatic hydroxyl groups is 11. The van der Waals surface area contributed by atoms with Crippen molar-refractivity contribution < 1.29 is 89.4 Å². The molecule has 0 aromatic heterocycles. The molecule has 17 atom stereocenters. The van der Waals surface area contributed by atoms with Gasteiger partial charge in [0.2, 0.25) is 5.91 Å². The minimum Gasteiger partial charge on any atom is -0.394 e. The van der Waals surface area contributed by atoms with Crippen LogP contribution in [-0.2, 0) is 33.2 Å². The Kier molecular flexibility index (Phi) is 60.3. The molecule has 17 unspecified atom stereocenters. The topological polar surface area (TPSA) is 307 Å². The van der Waals surface area contributed by atoms with Gasteiger partial charge in [-0.2, -0.15) is 0 Å². The van der Waals surface area contributed by atoms with Crippen LogP contribution in [0.15, 0.2) is 24.3 Å². The number of rotatable bonds is 70. The van der Waals surface area contributed by atoms with E-state index in [-0.39, 0.29) is 18.9 Å². The van der Waals surface area contributed by atoms with Crippen LogP contribution in [0.2, 0.25) is 0 Å². The summed E-state index contributed by atoms with van der Waals surface area (Å²) in [4.78, 5) is 13.5. The lowest BCUT2D eigenvalue weighted by atomic mass is 9.96. The fourth-order valence-corrected chi connectivity index (χ4v) is 14.9. The molecule has 3 rings (SSSR count). The maximum absolute atomic E-state index is 13.5. The van der Waals surface area contributed by atoms with Gasteiger partial charge in [-0.15, -0.1) is 0 Å². The molecule has 0 spiro atoms. The molecule has 0 radical (unpaired) electrons. The second kappa shape index (κ2) is 65.0. The van der Waals surface area contributed by atoms with Gasteiger partial charge in [0.15, 0.2) is 18.9 Å². The van der Waals surface area contributed by atoms with Crippen molar-refractivity contribution >= 4 is 5.91 Å². The number of hydrogen-bond acceptors (Lipinski definition) is 18. The molecule has 19 nitrogen and oxygen atoms in total. The minimum atomic E-state index is -1.97. The van der Waals surface area contributed by atoms with Crippen LogP contribution in [0.1, 0.15) is 373 Å². The highest BCUT2D eigenvalue weighted by molar-refractivity contribution is 5.76. The number of carbonyl (C=O) groups is 1. The van der Waals surface area contributed by atoms with Gasteiger partial charge >= 0.3 is 0 Å². The van der Waals surface area contributed by atoms with Crippen molar-refractivity contribution in [1.82, 2.24) is 5.32 Å². The molecule has 0 bridgehead atoms. The Balaban J connectivity index is 1.27. The minimum absolute atomic E-state index is 0.234. The number of hydrogen-bond donors (Lipinski definition) is 12. The Hall–Kier alpha value is -1.73. The van der Waals surface area contributed by atoms with Gasteiger partial charge in [-0.05, 0) is 44.9 Å². The molecule has 0 aromatic carbocycles. The van der Waals surface area contributed by atoms with E-state index in [0.29, 0.717) is 12.8 Å². The number of carbonyl (C=O) groups excluding carboxylic acids is 1. The summed E-state index contributed by atoms with van der Waals surface area (Å²) in [5.41, 5.74) is 0. The molecule has 0 aliphatic carbocycles. The molecule has 608 valence electrons. The Morgan fingerprint density at radius 2 is 0.641 bits per heavy atom. The number of nitrogens with one attached hydrogen (secondary N) is 1. The van der Waals surface area contributed by atoms with Gasteiger partial charge < -0.3 is 89.9 Å². The van der Waals surface area contributed by atoms with E-state index >= 15 is 0 Å². The summed E-state index contributed by atoms with van der Waals surface area (Å²) in [6.07, 6.45) is 53.0. The Morgan fingerprint density at radius 1 is 0.350 bits per heavy atom. The van der Waals surface area contributed by atoms with Crippen molar-refractivity contribution in [2.45, 2.75) is 478 Å². The van der Waals surface area contributed by atoms with Crippen LogP contribution in [-0.4, -0.2) is 193 Å². The molecule has 3 saturated heterocycles. The van der Waals surface area contributed by atoms with Crippen molar-refractivity contribution in [2.24, 2.45) is 0 Å². The zero-order valence-electron chi connectivity index (χ0n) is 65.3. The van der Waals surface area contributed by atoms with Crippen LogP contribution in [0, 0.1) is 0 Å². The second-order valence-electron chi connectivity index (χ2n) is 31.0. The number of ether oxygens (including phenoxy) is 6. The summed E-state index contributed by atoms with van der Waals surface area (Å²) in [5.74, 6) is -0.234. The highest BCUT2D eigenvalue weighted by Crippen LogP contribution is 2.34. The molecule has 3 aliphatic heterocycles. The van der Waals surface area contributed by atoms with Crippen molar-refractivity contribution in [1.29, 1.82) is 0 Å². The lowest BCUT2D eigenvalue weighted by Crippen LogP contribution is -2.66. The van der Waals surface area contributed by atoms with Crippen LogP contribution in [0.4, 0.5) is 0 Å². The van der Waals surface area contributed by atoms with Gasteiger partial charge in [-0.25, -0.2) is 0 Å². The molecule has 3 fully saturated rings. The van der Waals surface area contributed by atoms with Crippen LogP contribution < -0.4 is 5.32 Å². The SMILES string of the molecule is CCCCCCC/C=C\C/C=C\CCCCCCCCCCCCCCCCCCCCCCCCCCCCCCCC(=O)NC(COC1OC(CO)C(OC2OC(CO)C(OC3OC(CO)C(O)C(O)C3O)C(O)C2O)C(O)C1O)C(O)CCCCCCCCCCCCCCCCCCC. The van der Waals surface area contributed by atoms with E-state index in [4.69, 9.17) is 28.4 Å². The molecule has 12 N–H and O–H groups in total. The van der Waals surface area contributed by atoms with Crippen LogP contribution in [0.5, 0.6) is 0 Å². The third-order valence-corrected chi connectivity index (χ3v) is 21.8. The third-order valence-electron chi connectivity index (χ3n) is 21.8. The Labute approximate surface area is 626 Å². The van der Waals surface area contributed by atoms with Crippen molar-refractivity contribution in [3.05, 3.63) is 24.3 Å². The Bertz CT molecular complexity index is 1950. The molecule has 1 amide bonds. The monoisotopic (exact) mass is 1470 g/mol. The van der Waals surface area contributed by atoms with Gasteiger partial charge in [-0.3, -0.25) is 4.79 Å². The molecule has 19 heteroatoms. The predicted molar refractivity (Wildman–Crippen MR) is 411 cm³/mol. The summed E-state index contributed by atoms with van der Waals surface area (Å²) < 4.78 is 34.5. The van der Waals surface area contributed by atoms with Crippen molar-refractivity contribution in [3.8, 4) is 0 Å². The smallest absolute Gasteiger partial charge is 0.220 e. The first-order valence-electron chi connectivity index (χ1n) is 43.1. The number of unbranched alkanes of at least 4 members (excludes halogenated alkanes) is 50. The van der Waals surface area contributed by atoms with E-state index in [2.05, 4.69) is 43.5 Å². The average Bonchev–Trinajstić information content (AvgIpc) is 0.782. The van der Waals surface area contributed by atoms with E-state index in [9.17, 15) is 61.0 Å². The summed E-state index contributed by atoms with van der Waals surface area (Å²) in [6.45, 7) is 1.84. The highest BCUT2D eigenvalue weighted by Gasteiger charge is 2.54. The fourth-order valence-electron chi connectivity index (χ4n) is 14.9. The van der Waals surface area contributed by atoms with E-state index in [1.54, 1.807) is 0 Å². The number of allylic oxidation sites excluding steroid dienone is 4. The molecular formula is C84H159NO18. The first-order chi connectivity index (χ1) is 50.3. The van der Waals surface area contributed by atoms with Gasteiger partial charge in [0.25, 0.3) is 0 Å². The maximum atomic E-state index is 13.5. The molecule has 0 saturated carbocycles. The number of amides is 1. The zero-order chi connectivity index (χ0) is 74.6. The van der Waals surface area contributed by atoms with Gasteiger partial charge in [0, 0.05) is 6.42 Å². The fraction of sp³-hybridized carbons (Fsp3) is 0.940. The Morgan fingerprint density at radius 3 is 0.990 bits per heavy atom. The second-order valence-corrected chi connectivity index (χ2v) is 31.0. The number of aliphatic hydroxyl groups excluding tert-OH is 11. The largest absolute Gasteiger partial charge is 0.394 e. The third kappa shape index (κ3) is 44.6. The predicted octanol–water partition coefficient (Wildman–Crippen LogP) is 15.3. The molecule has 0 aromatic rings. The summed E-state index contributed by atoms with van der Waals surface area (Å²) in [6, 6.07) is -0.884. The highest BCUT2D eigenvalue weighted by atomic mass is 16.8. The summed E-state index contributed by atoms with van der Waals surface area (Å²) >= 11 is 0. The van der Waals surface area contributed by atoms with E-state index in [1.807, 2.05) is 0 Å². The normalized spacial score (nSPS) is 26.1. The standard InChI is InChI=1S/C84H159NO18/c1-3-5-7-9-11-13-15-17-19-21-22-23-24-25-26-27-28-29-30-31-32-33-34-35-36-37-38-39-40-41-42-43-44-46-48-50-52-54-56-58-60-62-72(90)85-67(68(89)61-59-57-55-53-51-49-47-45-20-18-16-14-12-10-8-6-4-2)66-98-82-78(96)75(93)80(70(64-87)100-82)103-84-79(97)76(94)81(71(65-88)101-84)102-83-77(95)74(92)73(91)69(63-86)99-83/h15,17,21-22,67-71,73-84,86-89,91-97H,3-14,16,18-20,23-66H2,1-2H3,(H,85,90)/b17-15-,22-21-. The lowest BCUT2D eigenvalue weighted by molar-refractivity contribution is -0.379. The zero-order valence-corrected chi connectivity index (χ0v) is 65.3. The van der Waals surface area contributed by atoms with Crippen molar-refractivity contribution in [2.75, 3.05) is 26.4 Å². The average molecular weight is 1470 g/mol. The van der Waals surface area contributed by atoms with E-state index in [1.165, 1.54) is 289 Å². The summed E-state index contributed by atoms with van der Waals surface area (Å²) in [7, 11) is 0. The van der Waals surface area contributed by atoms with Crippen LogP contribution >= 0.6 is 0 Å². The summed E-state index contributed by atoms with van der Waals surface area (Å²) in [5, 5.41) is 121. The maximum Gasteiger partial charge on any atom is 0.220 e. The van der Waals surface area contributed by atoms with Crippen molar-refractivity contribution in [3.63, 3.8) is 0 Å². The van der Waals surface area contributed by atoms with Gasteiger partial charge in [-0.1, -0.05) is 346 Å². The first kappa shape index (κ1) is 95.5. The first-order valence-corrected chi connectivity index (χ1v) is 43.1. The molecule has 103 heavy (non-hydrogen) atoms. The van der Waals surface area contributed by atoms with Gasteiger partial charge in [0.05, 0.1) is 38.6 Å². The lowest BCUT2D eigenvalue weighted by Gasteiger charge is -2.48. The quantitative estimate of drug-likeness (QED) is 0.0199. The van der Waals surface area contributed by atoms with E-state index < -0.39 is 124 Å². The molecular weight excluding hydrogens is 1310 g/mol. The van der Waals surface area contributed by atoms with Crippen LogP contribution in [0.25, 0.3) is 0 Å². The molecule has 3 aliphatic rings. The van der Waals surface area contributed by atoms with Gasteiger partial charge in [0.1, 0.15) is 73.2 Å². The molecule has 3 heterocycles. The van der Waals surface area contributed by atoms with Crippen LogP contribution in [0.3, 0.4) is 0 Å².